The fraction of sp³-hybridized carbons (Fsp3) is 0.571. The highest BCUT2D eigenvalue weighted by atomic mass is 32.2. The second kappa shape index (κ2) is 5.02. The number of benzene rings is 1. The molecule has 1 aromatic carbocycles. The van der Waals surface area contributed by atoms with Crippen LogP contribution in [0.2, 0.25) is 0 Å². The summed E-state index contributed by atoms with van der Waals surface area (Å²) in [6, 6.07) is 5.31. The monoisotopic (exact) mass is 295 g/mol. The summed E-state index contributed by atoms with van der Waals surface area (Å²) < 4.78 is 27.8. The van der Waals surface area contributed by atoms with Gasteiger partial charge in [-0.1, -0.05) is 6.07 Å². The summed E-state index contributed by atoms with van der Waals surface area (Å²) >= 11 is 0. The van der Waals surface area contributed by atoms with Gasteiger partial charge in [0.05, 0.1) is 4.90 Å². The smallest absolute Gasteiger partial charge is 0.240 e. The number of nitrogen functional groups attached to an aromatic ring is 1. The number of nitrogens with two attached hydrogens (primary N) is 1. The number of sulfonamides is 1. The molecule has 3 N–H and O–H groups in total. The Labute approximate surface area is 120 Å². The molecule has 2 fully saturated rings. The van der Waals surface area contributed by atoms with Crippen LogP contribution in [0.1, 0.15) is 24.8 Å². The molecule has 110 valence electrons. The molecule has 20 heavy (non-hydrogen) atoms. The molecule has 2 heterocycles. The van der Waals surface area contributed by atoms with Gasteiger partial charge in [-0.15, -0.1) is 0 Å². The van der Waals surface area contributed by atoms with E-state index in [1.807, 2.05) is 6.92 Å². The van der Waals surface area contributed by atoms with Crippen molar-refractivity contribution in [2.24, 2.45) is 0 Å². The molecule has 0 spiro atoms. The van der Waals surface area contributed by atoms with Gasteiger partial charge in [0.15, 0.2) is 0 Å². The maximum Gasteiger partial charge on any atom is 0.240 e. The molecule has 2 aliphatic heterocycles. The minimum Gasteiger partial charge on any atom is -0.398 e. The number of fused-ring (bicyclic) bond motifs is 1. The minimum absolute atomic E-state index is 0.0324. The summed E-state index contributed by atoms with van der Waals surface area (Å²) in [7, 11) is -3.48. The highest BCUT2D eigenvalue weighted by molar-refractivity contribution is 7.89. The van der Waals surface area contributed by atoms with Crippen molar-refractivity contribution in [3.8, 4) is 0 Å². The predicted octanol–water partition coefficient (Wildman–Crippen LogP) is 1.09. The van der Waals surface area contributed by atoms with Crippen LogP contribution < -0.4 is 10.5 Å². The van der Waals surface area contributed by atoms with Gasteiger partial charge in [0.2, 0.25) is 10.0 Å². The largest absolute Gasteiger partial charge is 0.398 e. The molecule has 0 radical (unpaired) electrons. The Morgan fingerprint density at radius 2 is 2.10 bits per heavy atom. The predicted molar refractivity (Wildman–Crippen MR) is 78.9 cm³/mol. The Bertz CT molecular complexity index is 615. The van der Waals surface area contributed by atoms with Crippen LogP contribution in [0.3, 0.4) is 0 Å². The summed E-state index contributed by atoms with van der Waals surface area (Å²) in [5.41, 5.74) is 7.22. The lowest BCUT2D eigenvalue weighted by atomic mass is 10.1. The summed E-state index contributed by atoms with van der Waals surface area (Å²) in [6.07, 6.45) is 3.15. The van der Waals surface area contributed by atoms with E-state index in [1.165, 1.54) is 6.42 Å². The number of nitrogens with zero attached hydrogens (tertiary/aromatic N) is 1. The van der Waals surface area contributed by atoms with Crippen LogP contribution in [-0.4, -0.2) is 38.5 Å². The van der Waals surface area contributed by atoms with Crippen LogP contribution in [0.25, 0.3) is 0 Å². The van der Waals surface area contributed by atoms with Crippen LogP contribution in [0.4, 0.5) is 5.69 Å². The lowest BCUT2D eigenvalue weighted by Crippen LogP contribution is -2.42. The first-order valence-corrected chi connectivity index (χ1v) is 8.58. The average molecular weight is 295 g/mol. The zero-order valence-corrected chi connectivity index (χ0v) is 12.5. The van der Waals surface area contributed by atoms with Crippen LogP contribution >= 0.6 is 0 Å². The van der Waals surface area contributed by atoms with Crippen LogP contribution in [-0.2, 0) is 10.0 Å². The first-order chi connectivity index (χ1) is 9.47. The lowest BCUT2D eigenvalue weighted by Gasteiger charge is -2.21. The number of nitrogens with one attached hydrogen (secondary N) is 1. The Kier molecular flexibility index (Phi) is 3.48. The molecule has 3 rings (SSSR count). The Balaban J connectivity index is 1.80. The van der Waals surface area contributed by atoms with Crippen LogP contribution in [0.5, 0.6) is 0 Å². The van der Waals surface area contributed by atoms with Crippen molar-refractivity contribution in [2.45, 2.75) is 43.2 Å². The quantitative estimate of drug-likeness (QED) is 0.819. The van der Waals surface area contributed by atoms with Crippen molar-refractivity contribution < 1.29 is 8.42 Å². The molecule has 2 unspecified atom stereocenters. The lowest BCUT2D eigenvalue weighted by molar-refractivity contribution is 0.309. The van der Waals surface area contributed by atoms with E-state index in [-0.39, 0.29) is 10.9 Å². The molecular formula is C14H21N3O2S. The SMILES string of the molecule is Cc1ccc(S(=O)(=O)NC2CCN3CCCC23)cc1N. The zero-order chi connectivity index (χ0) is 14.3. The van der Waals surface area contributed by atoms with E-state index in [1.54, 1.807) is 18.2 Å². The van der Waals surface area contributed by atoms with E-state index >= 15 is 0 Å². The van der Waals surface area contributed by atoms with E-state index in [4.69, 9.17) is 5.73 Å². The summed E-state index contributed by atoms with van der Waals surface area (Å²) in [6.45, 7) is 3.96. The fourth-order valence-electron chi connectivity index (χ4n) is 3.27. The van der Waals surface area contributed by atoms with E-state index in [2.05, 4.69) is 9.62 Å². The topological polar surface area (TPSA) is 75.4 Å². The van der Waals surface area contributed by atoms with Gasteiger partial charge in [-0.25, -0.2) is 13.1 Å². The maximum absolute atomic E-state index is 12.5. The molecule has 2 atom stereocenters. The molecule has 0 aliphatic carbocycles. The van der Waals surface area contributed by atoms with Crippen molar-refractivity contribution in [3.05, 3.63) is 23.8 Å². The first kappa shape index (κ1) is 13.9. The second-order valence-corrected chi connectivity index (χ2v) is 7.49. The Morgan fingerprint density at radius 3 is 2.85 bits per heavy atom. The van der Waals surface area contributed by atoms with E-state index in [0.29, 0.717) is 11.7 Å². The van der Waals surface area contributed by atoms with Gasteiger partial charge in [-0.05, 0) is 50.4 Å². The number of aryl methyl sites for hydroxylation is 1. The van der Waals surface area contributed by atoms with Crippen LogP contribution in [0.15, 0.2) is 23.1 Å². The van der Waals surface area contributed by atoms with Gasteiger partial charge in [-0.2, -0.15) is 0 Å². The first-order valence-electron chi connectivity index (χ1n) is 7.10. The molecule has 2 saturated heterocycles. The standard InChI is InChI=1S/C14H21N3O2S/c1-10-4-5-11(9-12(10)15)20(18,19)16-13-6-8-17-7-2-3-14(13)17/h4-5,9,13-14,16H,2-3,6-8,15H2,1H3. The van der Waals surface area contributed by atoms with Crippen molar-refractivity contribution in [1.82, 2.24) is 9.62 Å². The molecule has 2 aliphatic rings. The molecule has 0 bridgehead atoms. The van der Waals surface area contributed by atoms with E-state index in [9.17, 15) is 8.42 Å². The molecule has 0 aromatic heterocycles. The van der Waals surface area contributed by atoms with Crippen molar-refractivity contribution in [1.29, 1.82) is 0 Å². The van der Waals surface area contributed by atoms with Crippen LogP contribution in [0, 0.1) is 6.92 Å². The highest BCUT2D eigenvalue weighted by Gasteiger charge is 2.39. The number of rotatable bonds is 3. The Hall–Kier alpha value is -1.11. The third kappa shape index (κ3) is 2.43. The fourth-order valence-corrected chi connectivity index (χ4v) is 4.61. The van der Waals surface area contributed by atoms with Gasteiger partial charge in [0, 0.05) is 24.3 Å². The van der Waals surface area contributed by atoms with Gasteiger partial charge in [-0.3, -0.25) is 4.90 Å². The molecule has 0 amide bonds. The van der Waals surface area contributed by atoms with Gasteiger partial charge in [0.25, 0.3) is 0 Å². The van der Waals surface area contributed by atoms with Gasteiger partial charge < -0.3 is 5.73 Å². The second-order valence-electron chi connectivity index (χ2n) is 5.78. The third-order valence-corrected chi connectivity index (χ3v) is 5.96. The number of hydrogen-bond donors (Lipinski definition) is 2. The summed E-state index contributed by atoms with van der Waals surface area (Å²) in [5.74, 6) is 0. The third-order valence-electron chi connectivity index (χ3n) is 4.47. The maximum atomic E-state index is 12.5. The van der Waals surface area contributed by atoms with Gasteiger partial charge in [0.1, 0.15) is 0 Å². The Morgan fingerprint density at radius 1 is 1.30 bits per heavy atom. The number of hydrogen-bond acceptors (Lipinski definition) is 4. The van der Waals surface area contributed by atoms with Crippen molar-refractivity contribution >= 4 is 15.7 Å². The zero-order valence-electron chi connectivity index (χ0n) is 11.7. The summed E-state index contributed by atoms with van der Waals surface area (Å²) in [4.78, 5) is 2.65. The highest BCUT2D eigenvalue weighted by Crippen LogP contribution is 2.29. The van der Waals surface area contributed by atoms with Crippen molar-refractivity contribution in [3.63, 3.8) is 0 Å². The normalized spacial score (nSPS) is 26.9. The summed E-state index contributed by atoms with van der Waals surface area (Å²) in [5, 5.41) is 0. The molecule has 6 heteroatoms. The number of anilines is 1. The average Bonchev–Trinajstić information content (AvgIpc) is 2.97. The molecule has 0 saturated carbocycles. The molecular weight excluding hydrogens is 274 g/mol. The van der Waals surface area contributed by atoms with Crippen molar-refractivity contribution in [2.75, 3.05) is 18.8 Å². The molecule has 1 aromatic rings. The van der Waals surface area contributed by atoms with E-state index < -0.39 is 10.0 Å². The molecule has 5 nitrogen and oxygen atoms in total. The minimum atomic E-state index is -3.48. The van der Waals surface area contributed by atoms with E-state index in [0.717, 1.165) is 31.5 Å². The van der Waals surface area contributed by atoms with Gasteiger partial charge >= 0.3 is 0 Å².